The van der Waals surface area contributed by atoms with Gasteiger partial charge in [-0.05, 0) is 23.4 Å². The van der Waals surface area contributed by atoms with Crippen molar-refractivity contribution in [1.82, 2.24) is 20.2 Å². The van der Waals surface area contributed by atoms with Crippen LogP contribution in [-0.2, 0) is 12.8 Å². The number of hydrogen-bond acceptors (Lipinski definition) is 5. The van der Waals surface area contributed by atoms with Crippen molar-refractivity contribution in [1.29, 1.82) is 0 Å². The summed E-state index contributed by atoms with van der Waals surface area (Å²) in [5, 5.41) is 11.7. The molecule has 0 aromatic carbocycles. The molecule has 0 saturated heterocycles. The molecule has 0 aliphatic heterocycles. The standard InChI is InChI=1S/C7H15N5S/c1-6(3-8)4-13-5-7-9-11-12(2)10-7/h6H,3-5,8H2,1-2H3. The average Bonchev–Trinajstić information content (AvgIpc) is 2.51. The minimum Gasteiger partial charge on any atom is -0.330 e. The van der Waals surface area contributed by atoms with Gasteiger partial charge in [0.25, 0.3) is 0 Å². The zero-order valence-corrected chi connectivity index (χ0v) is 8.79. The van der Waals surface area contributed by atoms with Crippen LogP contribution in [0.15, 0.2) is 0 Å². The van der Waals surface area contributed by atoms with E-state index in [9.17, 15) is 0 Å². The monoisotopic (exact) mass is 201 g/mol. The van der Waals surface area contributed by atoms with Gasteiger partial charge in [-0.2, -0.15) is 16.6 Å². The van der Waals surface area contributed by atoms with E-state index in [-0.39, 0.29) is 0 Å². The lowest BCUT2D eigenvalue weighted by Gasteiger charge is -2.05. The first-order chi connectivity index (χ1) is 6.22. The fraction of sp³-hybridized carbons (Fsp3) is 0.857. The SMILES string of the molecule is CC(CN)CSCc1nnn(C)n1. The Bertz CT molecular complexity index is 249. The summed E-state index contributed by atoms with van der Waals surface area (Å²) in [6, 6.07) is 0. The van der Waals surface area contributed by atoms with Crippen LogP contribution in [0.2, 0.25) is 0 Å². The molecule has 1 heterocycles. The molecule has 0 aliphatic carbocycles. The van der Waals surface area contributed by atoms with Crippen molar-refractivity contribution in [3.63, 3.8) is 0 Å². The van der Waals surface area contributed by atoms with Crippen LogP contribution in [0.25, 0.3) is 0 Å². The van der Waals surface area contributed by atoms with Crippen molar-refractivity contribution < 1.29 is 0 Å². The number of thioether (sulfide) groups is 1. The first-order valence-electron chi connectivity index (χ1n) is 4.23. The van der Waals surface area contributed by atoms with E-state index in [1.54, 1.807) is 18.8 Å². The van der Waals surface area contributed by atoms with Gasteiger partial charge in [-0.25, -0.2) is 0 Å². The predicted molar refractivity (Wildman–Crippen MR) is 53.2 cm³/mol. The lowest BCUT2D eigenvalue weighted by molar-refractivity contribution is 0.628. The summed E-state index contributed by atoms with van der Waals surface area (Å²) in [5.41, 5.74) is 5.49. The highest BCUT2D eigenvalue weighted by Crippen LogP contribution is 2.11. The molecule has 13 heavy (non-hydrogen) atoms. The summed E-state index contributed by atoms with van der Waals surface area (Å²) < 4.78 is 0. The van der Waals surface area contributed by atoms with Gasteiger partial charge in [0.1, 0.15) is 0 Å². The van der Waals surface area contributed by atoms with Crippen molar-refractivity contribution in [3.05, 3.63) is 5.82 Å². The van der Waals surface area contributed by atoms with Crippen LogP contribution >= 0.6 is 11.8 Å². The number of hydrogen-bond donors (Lipinski definition) is 1. The molecule has 0 amide bonds. The fourth-order valence-corrected chi connectivity index (χ4v) is 1.75. The number of aryl methyl sites for hydroxylation is 1. The Balaban J connectivity index is 2.20. The Labute approximate surface area is 82.1 Å². The topological polar surface area (TPSA) is 69.6 Å². The number of aromatic nitrogens is 4. The van der Waals surface area contributed by atoms with Gasteiger partial charge in [0, 0.05) is 0 Å². The van der Waals surface area contributed by atoms with E-state index in [2.05, 4.69) is 22.3 Å². The highest BCUT2D eigenvalue weighted by Gasteiger charge is 2.02. The summed E-state index contributed by atoms with van der Waals surface area (Å²) >= 11 is 1.79. The third-order valence-corrected chi connectivity index (χ3v) is 2.85. The number of nitrogens with two attached hydrogens (primary N) is 1. The molecule has 0 saturated carbocycles. The maximum atomic E-state index is 5.49. The molecule has 1 unspecified atom stereocenters. The highest BCUT2D eigenvalue weighted by atomic mass is 32.2. The van der Waals surface area contributed by atoms with Gasteiger partial charge < -0.3 is 5.73 Å². The lowest BCUT2D eigenvalue weighted by Crippen LogP contribution is -2.12. The third kappa shape index (κ3) is 3.73. The Morgan fingerprint density at radius 2 is 2.38 bits per heavy atom. The molecule has 1 aromatic heterocycles. The summed E-state index contributed by atoms with van der Waals surface area (Å²) in [7, 11) is 1.77. The first-order valence-corrected chi connectivity index (χ1v) is 5.38. The maximum absolute atomic E-state index is 5.49. The van der Waals surface area contributed by atoms with Gasteiger partial charge in [-0.3, -0.25) is 0 Å². The molecule has 2 N–H and O–H groups in total. The van der Waals surface area contributed by atoms with Crippen molar-refractivity contribution >= 4 is 11.8 Å². The van der Waals surface area contributed by atoms with Crippen LogP contribution < -0.4 is 5.73 Å². The molecule has 6 heteroatoms. The maximum Gasteiger partial charge on any atom is 0.184 e. The minimum atomic E-state index is 0.557. The van der Waals surface area contributed by atoms with Crippen LogP contribution in [0.3, 0.4) is 0 Å². The number of tetrazole rings is 1. The number of rotatable bonds is 5. The zero-order chi connectivity index (χ0) is 9.68. The second kappa shape index (κ2) is 5.18. The van der Waals surface area contributed by atoms with Crippen LogP contribution in [0, 0.1) is 5.92 Å². The quantitative estimate of drug-likeness (QED) is 0.728. The van der Waals surface area contributed by atoms with E-state index >= 15 is 0 Å². The van der Waals surface area contributed by atoms with Crippen LogP contribution in [0.4, 0.5) is 0 Å². The first kappa shape index (κ1) is 10.5. The summed E-state index contributed by atoms with van der Waals surface area (Å²) in [6.45, 7) is 2.87. The van der Waals surface area contributed by atoms with Gasteiger partial charge >= 0.3 is 0 Å². The molecule has 0 fully saturated rings. The molecule has 74 valence electrons. The predicted octanol–water partition coefficient (Wildman–Crippen LogP) is 0.0381. The third-order valence-electron chi connectivity index (χ3n) is 1.59. The average molecular weight is 201 g/mol. The van der Waals surface area contributed by atoms with Crippen LogP contribution in [0.5, 0.6) is 0 Å². The number of nitrogens with zero attached hydrogens (tertiary/aromatic N) is 4. The van der Waals surface area contributed by atoms with Crippen molar-refractivity contribution in [2.75, 3.05) is 12.3 Å². The van der Waals surface area contributed by atoms with E-state index in [1.807, 2.05) is 0 Å². The second-order valence-corrected chi connectivity index (χ2v) is 4.08. The van der Waals surface area contributed by atoms with Crippen LogP contribution in [-0.4, -0.2) is 32.5 Å². The molecule has 1 atom stereocenters. The van der Waals surface area contributed by atoms with E-state index in [0.29, 0.717) is 5.92 Å². The van der Waals surface area contributed by atoms with E-state index in [1.165, 1.54) is 4.80 Å². The minimum absolute atomic E-state index is 0.557. The lowest BCUT2D eigenvalue weighted by atomic mass is 10.2. The van der Waals surface area contributed by atoms with Gasteiger partial charge in [0.05, 0.1) is 12.8 Å². The van der Waals surface area contributed by atoms with Gasteiger partial charge in [-0.1, -0.05) is 6.92 Å². The molecule has 5 nitrogen and oxygen atoms in total. The Hall–Kier alpha value is -0.620. The highest BCUT2D eigenvalue weighted by molar-refractivity contribution is 7.98. The van der Waals surface area contributed by atoms with E-state index in [0.717, 1.165) is 23.9 Å². The zero-order valence-electron chi connectivity index (χ0n) is 7.97. The van der Waals surface area contributed by atoms with Gasteiger partial charge in [0.2, 0.25) is 0 Å². The smallest absolute Gasteiger partial charge is 0.184 e. The molecule has 1 aromatic rings. The van der Waals surface area contributed by atoms with E-state index < -0.39 is 0 Å². The van der Waals surface area contributed by atoms with Crippen LogP contribution in [0.1, 0.15) is 12.7 Å². The normalized spacial score (nSPS) is 13.2. The van der Waals surface area contributed by atoms with E-state index in [4.69, 9.17) is 5.73 Å². The molecular weight excluding hydrogens is 186 g/mol. The van der Waals surface area contributed by atoms with Gasteiger partial charge in [0.15, 0.2) is 5.82 Å². The molecule has 0 bridgehead atoms. The molecule has 0 spiro atoms. The van der Waals surface area contributed by atoms with Gasteiger partial charge in [-0.15, -0.1) is 10.2 Å². The Kier molecular flexibility index (Phi) is 4.17. The summed E-state index contributed by atoms with van der Waals surface area (Å²) in [5.74, 6) is 3.21. The Morgan fingerprint density at radius 3 is 2.92 bits per heavy atom. The molecule has 0 radical (unpaired) electrons. The summed E-state index contributed by atoms with van der Waals surface area (Å²) in [6.07, 6.45) is 0. The summed E-state index contributed by atoms with van der Waals surface area (Å²) in [4.78, 5) is 1.47. The van der Waals surface area contributed by atoms with Crippen molar-refractivity contribution in [2.24, 2.45) is 18.7 Å². The molecular formula is C7H15N5S. The fourth-order valence-electron chi connectivity index (χ4n) is 0.801. The van der Waals surface area contributed by atoms with Crippen molar-refractivity contribution in [2.45, 2.75) is 12.7 Å². The molecule has 1 rings (SSSR count). The van der Waals surface area contributed by atoms with Crippen molar-refractivity contribution in [3.8, 4) is 0 Å². The Morgan fingerprint density at radius 1 is 1.62 bits per heavy atom. The largest absolute Gasteiger partial charge is 0.330 e. The molecule has 0 aliphatic rings. The second-order valence-electron chi connectivity index (χ2n) is 3.05.